The molecule has 2 amide bonds. The topological polar surface area (TPSA) is 102 Å². The summed E-state index contributed by atoms with van der Waals surface area (Å²) in [6.07, 6.45) is 1.12. The second kappa shape index (κ2) is 10.1. The lowest BCUT2D eigenvalue weighted by Gasteiger charge is -2.21. The van der Waals surface area contributed by atoms with Crippen molar-refractivity contribution in [3.05, 3.63) is 64.7 Å². The molecule has 2 atom stereocenters. The van der Waals surface area contributed by atoms with Crippen molar-refractivity contribution >= 4 is 21.7 Å². The first-order valence-corrected chi connectivity index (χ1v) is 13.3. The molecule has 1 saturated heterocycles. The Hall–Kier alpha value is -2.94. The van der Waals surface area contributed by atoms with E-state index < -0.39 is 34.4 Å². The number of sulfone groups is 1. The minimum absolute atomic E-state index is 0.194. The SMILES string of the molecule is CNC(=O)c1cc(C(=O)NCCC2CCS(=O)(=O)CC2)cc2c1O[C@H](CF)[C@H]2c1ccccc1. The predicted octanol–water partition coefficient (Wildman–Crippen LogP) is 2.85. The van der Waals surface area contributed by atoms with Crippen molar-refractivity contribution in [1.82, 2.24) is 10.6 Å². The van der Waals surface area contributed by atoms with E-state index in [9.17, 15) is 22.4 Å². The molecule has 0 unspecified atom stereocenters. The Morgan fingerprint density at radius 3 is 2.44 bits per heavy atom. The summed E-state index contributed by atoms with van der Waals surface area (Å²) in [4.78, 5) is 25.6. The van der Waals surface area contributed by atoms with E-state index in [-0.39, 0.29) is 28.9 Å². The second-order valence-electron chi connectivity index (χ2n) is 8.86. The number of carbonyl (C=O) groups is 2. The number of alkyl halides is 1. The van der Waals surface area contributed by atoms with Gasteiger partial charge in [0.1, 0.15) is 28.4 Å². The maximum absolute atomic E-state index is 13.9. The molecular formula is C25H29FN2O5S. The van der Waals surface area contributed by atoms with Crippen LogP contribution >= 0.6 is 0 Å². The van der Waals surface area contributed by atoms with Crippen molar-refractivity contribution in [3.8, 4) is 5.75 Å². The van der Waals surface area contributed by atoms with Gasteiger partial charge in [-0.2, -0.15) is 0 Å². The van der Waals surface area contributed by atoms with Crippen molar-refractivity contribution in [1.29, 1.82) is 0 Å². The van der Waals surface area contributed by atoms with Crippen LogP contribution in [0.3, 0.4) is 0 Å². The minimum atomic E-state index is -2.92. The maximum atomic E-state index is 13.9. The van der Waals surface area contributed by atoms with Gasteiger partial charge in [0.25, 0.3) is 11.8 Å². The molecule has 0 aromatic heterocycles. The van der Waals surface area contributed by atoms with Gasteiger partial charge in [-0.1, -0.05) is 30.3 Å². The molecule has 2 aliphatic heterocycles. The molecule has 0 radical (unpaired) electrons. The largest absolute Gasteiger partial charge is 0.486 e. The highest BCUT2D eigenvalue weighted by Gasteiger charge is 2.39. The Balaban J connectivity index is 1.56. The van der Waals surface area contributed by atoms with E-state index in [1.54, 1.807) is 6.07 Å². The van der Waals surface area contributed by atoms with Gasteiger partial charge in [0, 0.05) is 24.7 Å². The Morgan fingerprint density at radius 2 is 1.79 bits per heavy atom. The standard InChI is InChI=1S/C25H29FN2O5S/c1-27-25(30)20-14-18(24(29)28-10-7-16-8-11-34(31,32)12-9-16)13-19-22(17-5-3-2-4-6-17)21(15-26)33-23(19)20/h2-6,13-14,16,21-22H,7-12,15H2,1H3,(H,27,30)(H,28,29)/t21-,22+/m1/s1. The Labute approximate surface area is 199 Å². The smallest absolute Gasteiger partial charge is 0.254 e. The van der Waals surface area contributed by atoms with Crippen LogP contribution in [0.15, 0.2) is 42.5 Å². The fraction of sp³-hybridized carbons (Fsp3) is 0.440. The second-order valence-corrected chi connectivity index (χ2v) is 11.2. The van der Waals surface area contributed by atoms with Gasteiger partial charge in [0.2, 0.25) is 0 Å². The zero-order valence-electron chi connectivity index (χ0n) is 19.1. The van der Waals surface area contributed by atoms with Crippen molar-refractivity contribution in [2.75, 3.05) is 31.8 Å². The van der Waals surface area contributed by atoms with Crippen LogP contribution in [0, 0.1) is 5.92 Å². The van der Waals surface area contributed by atoms with Gasteiger partial charge in [-0.15, -0.1) is 0 Å². The first-order chi connectivity index (χ1) is 16.3. The first kappa shape index (κ1) is 24.2. The molecule has 9 heteroatoms. The maximum Gasteiger partial charge on any atom is 0.254 e. The van der Waals surface area contributed by atoms with E-state index in [1.807, 2.05) is 30.3 Å². The molecule has 34 heavy (non-hydrogen) atoms. The number of hydrogen-bond acceptors (Lipinski definition) is 5. The normalized spacial score (nSPS) is 21.4. The number of amides is 2. The number of halogens is 1. The molecule has 2 aromatic rings. The Kier molecular flexibility index (Phi) is 7.21. The van der Waals surface area contributed by atoms with Gasteiger partial charge in [-0.25, -0.2) is 12.8 Å². The number of benzene rings is 2. The van der Waals surface area contributed by atoms with E-state index >= 15 is 0 Å². The van der Waals surface area contributed by atoms with E-state index in [2.05, 4.69) is 10.6 Å². The summed E-state index contributed by atoms with van der Waals surface area (Å²) in [5.74, 6) is -0.248. The van der Waals surface area contributed by atoms with Gasteiger partial charge in [-0.3, -0.25) is 9.59 Å². The number of rotatable bonds is 7. The molecule has 4 rings (SSSR count). The summed E-state index contributed by atoms with van der Waals surface area (Å²) < 4.78 is 43.0. The van der Waals surface area contributed by atoms with Gasteiger partial charge >= 0.3 is 0 Å². The lowest BCUT2D eigenvalue weighted by Crippen LogP contribution is -2.29. The molecule has 2 aromatic carbocycles. The molecule has 0 aliphatic carbocycles. The lowest BCUT2D eigenvalue weighted by molar-refractivity contribution is 0.0951. The van der Waals surface area contributed by atoms with Crippen LogP contribution < -0.4 is 15.4 Å². The van der Waals surface area contributed by atoms with E-state index in [4.69, 9.17) is 4.74 Å². The number of ether oxygens (including phenoxy) is 1. The zero-order chi connectivity index (χ0) is 24.3. The van der Waals surface area contributed by atoms with Crippen molar-refractivity contribution in [2.24, 2.45) is 5.92 Å². The quantitative estimate of drug-likeness (QED) is 0.624. The van der Waals surface area contributed by atoms with Crippen LogP contribution in [-0.2, 0) is 9.84 Å². The molecule has 182 valence electrons. The highest BCUT2D eigenvalue weighted by molar-refractivity contribution is 7.91. The molecule has 0 saturated carbocycles. The Bertz CT molecular complexity index is 1160. The van der Waals surface area contributed by atoms with Gasteiger partial charge in [-0.05, 0) is 42.9 Å². The Morgan fingerprint density at radius 1 is 1.09 bits per heavy atom. The van der Waals surface area contributed by atoms with Gasteiger partial charge in [0.05, 0.1) is 23.0 Å². The van der Waals surface area contributed by atoms with Gasteiger partial charge in [0.15, 0.2) is 0 Å². The van der Waals surface area contributed by atoms with Crippen LogP contribution in [0.25, 0.3) is 0 Å². The number of carbonyl (C=O) groups excluding carboxylic acids is 2. The zero-order valence-corrected chi connectivity index (χ0v) is 19.9. The third-order valence-corrected chi connectivity index (χ3v) is 8.37. The van der Waals surface area contributed by atoms with Crippen molar-refractivity contribution in [3.63, 3.8) is 0 Å². The molecule has 0 bridgehead atoms. The fourth-order valence-electron chi connectivity index (χ4n) is 4.76. The summed E-state index contributed by atoms with van der Waals surface area (Å²) in [7, 11) is -1.43. The van der Waals surface area contributed by atoms with Crippen LogP contribution in [-0.4, -0.2) is 58.1 Å². The molecule has 2 aliphatic rings. The van der Waals surface area contributed by atoms with E-state index in [0.717, 1.165) is 5.56 Å². The summed E-state index contributed by atoms with van der Waals surface area (Å²) in [6, 6.07) is 12.5. The molecule has 1 fully saturated rings. The third kappa shape index (κ3) is 5.09. The molecule has 2 N–H and O–H groups in total. The molecule has 0 spiro atoms. The monoisotopic (exact) mass is 488 g/mol. The molecular weight excluding hydrogens is 459 g/mol. The third-order valence-electron chi connectivity index (χ3n) is 6.65. The number of hydrogen-bond donors (Lipinski definition) is 2. The average Bonchev–Trinajstić information content (AvgIpc) is 3.23. The van der Waals surface area contributed by atoms with Crippen LogP contribution in [0.4, 0.5) is 4.39 Å². The van der Waals surface area contributed by atoms with Crippen LogP contribution in [0.5, 0.6) is 5.75 Å². The summed E-state index contributed by atoms with van der Waals surface area (Å²) >= 11 is 0. The summed E-state index contributed by atoms with van der Waals surface area (Å²) in [5, 5.41) is 5.45. The number of fused-ring (bicyclic) bond motifs is 1. The highest BCUT2D eigenvalue weighted by Crippen LogP contribution is 2.45. The summed E-state index contributed by atoms with van der Waals surface area (Å²) in [6.45, 7) is -0.332. The highest BCUT2D eigenvalue weighted by atomic mass is 32.2. The average molecular weight is 489 g/mol. The number of nitrogens with one attached hydrogen (secondary N) is 2. The summed E-state index contributed by atoms with van der Waals surface area (Å²) in [5.41, 5.74) is 1.95. The minimum Gasteiger partial charge on any atom is -0.486 e. The van der Waals surface area contributed by atoms with Gasteiger partial charge < -0.3 is 15.4 Å². The predicted molar refractivity (Wildman–Crippen MR) is 127 cm³/mol. The molecule has 2 heterocycles. The van der Waals surface area contributed by atoms with Crippen molar-refractivity contribution in [2.45, 2.75) is 31.3 Å². The van der Waals surface area contributed by atoms with Crippen molar-refractivity contribution < 1.29 is 27.1 Å². The molecule has 7 nitrogen and oxygen atoms in total. The first-order valence-electron chi connectivity index (χ1n) is 11.5. The lowest BCUT2D eigenvalue weighted by atomic mass is 9.86. The fourth-order valence-corrected chi connectivity index (χ4v) is 6.35. The van der Waals surface area contributed by atoms with E-state index in [0.29, 0.717) is 42.7 Å². The van der Waals surface area contributed by atoms with E-state index in [1.165, 1.54) is 13.1 Å². The van der Waals surface area contributed by atoms with Crippen LogP contribution in [0.1, 0.15) is 57.0 Å². The van der Waals surface area contributed by atoms with Crippen LogP contribution in [0.2, 0.25) is 0 Å².